The van der Waals surface area contributed by atoms with E-state index < -0.39 is 37.6 Å². The molecule has 0 amide bonds. The maximum absolute atomic E-state index is 13.6. The molecule has 0 bridgehead atoms. The van der Waals surface area contributed by atoms with Crippen molar-refractivity contribution in [1.82, 2.24) is 20.7 Å². The first-order chi connectivity index (χ1) is 14.6. The van der Waals surface area contributed by atoms with E-state index in [1.54, 1.807) is 0 Å². The van der Waals surface area contributed by atoms with Crippen molar-refractivity contribution in [2.75, 3.05) is 39.5 Å². The lowest BCUT2D eigenvalue weighted by atomic mass is 9.97. The van der Waals surface area contributed by atoms with Gasteiger partial charge in [-0.1, -0.05) is 0 Å². The maximum Gasteiger partial charge on any atom is 0.490 e. The summed E-state index contributed by atoms with van der Waals surface area (Å²) >= 11 is 0. The van der Waals surface area contributed by atoms with Crippen LogP contribution < -0.4 is 22.5 Å². The van der Waals surface area contributed by atoms with Crippen LogP contribution in [0.15, 0.2) is 0 Å². The minimum atomic E-state index is -5.08. The third-order valence-corrected chi connectivity index (χ3v) is 5.60. The van der Waals surface area contributed by atoms with Gasteiger partial charge in [0.25, 0.3) is 0 Å². The SMILES string of the molecule is NNC1CCN(C(CF)C(=O)C(CF)N2CCC(NN)CC2)CC1.O=C(O)C(F)(F)F. The van der Waals surface area contributed by atoms with Crippen molar-refractivity contribution >= 4 is 11.8 Å². The first-order valence-corrected chi connectivity index (χ1v) is 9.95. The molecule has 7 N–H and O–H groups in total. The summed E-state index contributed by atoms with van der Waals surface area (Å²) in [5.74, 6) is 7.75. The van der Waals surface area contributed by atoms with Crippen molar-refractivity contribution in [3.63, 3.8) is 0 Å². The molecule has 0 spiro atoms. The lowest BCUT2D eigenvalue weighted by Gasteiger charge is -2.40. The summed E-state index contributed by atoms with van der Waals surface area (Å²) in [6.45, 7) is 0.801. The van der Waals surface area contributed by atoms with Crippen LogP contribution in [0.5, 0.6) is 0 Å². The first kappa shape index (κ1) is 27.6. The zero-order valence-electron chi connectivity index (χ0n) is 17.1. The van der Waals surface area contributed by atoms with E-state index >= 15 is 0 Å². The Morgan fingerprint density at radius 2 is 1.16 bits per heavy atom. The van der Waals surface area contributed by atoms with Crippen LogP contribution >= 0.6 is 0 Å². The van der Waals surface area contributed by atoms with Crippen LogP contribution in [-0.2, 0) is 9.59 Å². The number of nitrogens with two attached hydrogens (primary N) is 2. The van der Waals surface area contributed by atoms with Gasteiger partial charge < -0.3 is 5.11 Å². The van der Waals surface area contributed by atoms with Crippen molar-refractivity contribution in [2.45, 2.75) is 56.0 Å². The summed E-state index contributed by atoms with van der Waals surface area (Å²) in [5, 5.41) is 7.12. The van der Waals surface area contributed by atoms with Crippen molar-refractivity contribution in [1.29, 1.82) is 0 Å². The lowest BCUT2D eigenvalue weighted by Crippen LogP contribution is -2.58. The molecule has 2 fully saturated rings. The van der Waals surface area contributed by atoms with Gasteiger partial charge in [0, 0.05) is 38.3 Å². The molecule has 0 aliphatic carbocycles. The number of piperidine rings is 2. The number of carboxylic acid groups (broad SMARTS) is 1. The number of Topliss-reactive ketones (excluding diaryl/α,β-unsaturated/α-hetero) is 1. The number of alkyl halides is 5. The first-order valence-electron chi connectivity index (χ1n) is 9.95. The number of carboxylic acids is 1. The number of ketones is 1. The molecule has 0 saturated carbocycles. The zero-order chi connectivity index (χ0) is 23.6. The molecule has 0 aromatic carbocycles. The number of aliphatic carboxylic acids is 1. The zero-order valence-corrected chi connectivity index (χ0v) is 17.1. The summed E-state index contributed by atoms with van der Waals surface area (Å²) in [4.78, 5) is 25.3. The van der Waals surface area contributed by atoms with E-state index in [4.69, 9.17) is 21.6 Å². The Balaban J connectivity index is 0.000000592. The van der Waals surface area contributed by atoms with Gasteiger partial charge >= 0.3 is 12.1 Å². The van der Waals surface area contributed by atoms with E-state index in [1.165, 1.54) is 0 Å². The van der Waals surface area contributed by atoms with Crippen LogP contribution in [0.1, 0.15) is 25.7 Å². The molecule has 0 radical (unpaired) electrons. The molecule has 0 aromatic rings. The lowest BCUT2D eigenvalue weighted by molar-refractivity contribution is -0.192. The van der Waals surface area contributed by atoms with Gasteiger partial charge in [0.2, 0.25) is 0 Å². The maximum atomic E-state index is 13.6. The molecule has 14 heteroatoms. The van der Waals surface area contributed by atoms with Crippen molar-refractivity contribution in [3.05, 3.63) is 0 Å². The fraction of sp³-hybridized carbons (Fsp3) is 0.882. The Hall–Kier alpha value is -1.45. The molecule has 2 aliphatic heterocycles. The molecule has 0 aromatic heterocycles. The van der Waals surface area contributed by atoms with E-state index in [-0.39, 0.29) is 17.9 Å². The molecule has 2 atom stereocenters. The number of hydrogen-bond donors (Lipinski definition) is 5. The highest BCUT2D eigenvalue weighted by Crippen LogP contribution is 2.19. The summed E-state index contributed by atoms with van der Waals surface area (Å²) in [5.41, 5.74) is 5.43. The van der Waals surface area contributed by atoms with E-state index in [9.17, 15) is 26.7 Å². The Kier molecular flexibility index (Phi) is 11.7. The number of rotatable bonds is 8. The van der Waals surface area contributed by atoms with Crippen LogP contribution in [0.25, 0.3) is 0 Å². The van der Waals surface area contributed by atoms with Crippen LogP contribution in [-0.4, -0.2) is 96.5 Å². The van der Waals surface area contributed by atoms with Gasteiger partial charge in [-0.25, -0.2) is 13.6 Å². The molecule has 31 heavy (non-hydrogen) atoms. The molecular formula is C17H31F5N6O3. The summed E-state index contributed by atoms with van der Waals surface area (Å²) < 4.78 is 58.9. The number of carbonyl (C=O) groups excluding carboxylic acids is 1. The minimum Gasteiger partial charge on any atom is -0.475 e. The van der Waals surface area contributed by atoms with Crippen LogP contribution in [0.3, 0.4) is 0 Å². The topological polar surface area (TPSA) is 137 Å². The number of carbonyl (C=O) groups is 2. The number of likely N-dealkylation sites (tertiary alicyclic amines) is 2. The quantitative estimate of drug-likeness (QED) is 0.187. The van der Waals surface area contributed by atoms with Gasteiger partial charge in [-0.15, -0.1) is 0 Å². The Bertz CT molecular complexity index is 521. The number of hydrogen-bond acceptors (Lipinski definition) is 8. The normalized spacial score (nSPS) is 21.8. The predicted octanol–water partition coefficient (Wildman–Crippen LogP) is -0.280. The summed E-state index contributed by atoms with van der Waals surface area (Å²) in [6, 6.07) is -1.35. The third kappa shape index (κ3) is 8.54. The van der Waals surface area contributed by atoms with Gasteiger partial charge in [0.05, 0.1) is 12.1 Å². The minimum absolute atomic E-state index is 0.191. The largest absolute Gasteiger partial charge is 0.490 e. The van der Waals surface area contributed by atoms with Crippen LogP contribution in [0.4, 0.5) is 22.0 Å². The van der Waals surface area contributed by atoms with Crippen molar-refractivity contribution in [3.8, 4) is 0 Å². The molecule has 9 nitrogen and oxygen atoms in total. The number of halogens is 5. The van der Waals surface area contributed by atoms with Gasteiger partial charge in [-0.3, -0.25) is 37.1 Å². The van der Waals surface area contributed by atoms with Crippen LogP contribution in [0, 0.1) is 0 Å². The van der Waals surface area contributed by atoms with E-state index in [0.29, 0.717) is 26.2 Å². The highest BCUT2D eigenvalue weighted by molar-refractivity contribution is 5.89. The van der Waals surface area contributed by atoms with Crippen molar-refractivity contribution in [2.24, 2.45) is 11.7 Å². The standard InChI is InChI=1S/C15H30F2N6O.C2HF3O2/c16-9-13(22-5-1-11(20-18)2-6-22)15(24)14(10-17)23-7-3-12(21-19)4-8-23;3-2(4,5)1(6)7/h11-14,20-21H,1-10,18-19H2;(H,6,7). The second kappa shape index (κ2) is 13.2. The Morgan fingerprint density at radius 1 is 0.871 bits per heavy atom. The average molecular weight is 462 g/mol. The summed E-state index contributed by atoms with van der Waals surface area (Å²) in [6.07, 6.45) is -2.05. The third-order valence-electron chi connectivity index (χ3n) is 5.60. The number of nitrogens with zero attached hydrogens (tertiary/aromatic N) is 2. The van der Waals surface area contributed by atoms with E-state index in [0.717, 1.165) is 25.7 Å². The second-order valence-electron chi connectivity index (χ2n) is 7.50. The predicted molar refractivity (Wildman–Crippen MR) is 102 cm³/mol. The Labute approximate surface area is 177 Å². The highest BCUT2D eigenvalue weighted by atomic mass is 19.4. The fourth-order valence-corrected chi connectivity index (χ4v) is 3.68. The van der Waals surface area contributed by atoms with Gasteiger partial charge in [0.15, 0.2) is 5.78 Å². The highest BCUT2D eigenvalue weighted by Gasteiger charge is 2.38. The fourth-order valence-electron chi connectivity index (χ4n) is 3.68. The smallest absolute Gasteiger partial charge is 0.475 e. The molecular weight excluding hydrogens is 431 g/mol. The molecule has 2 heterocycles. The molecule has 182 valence electrons. The molecule has 2 unspecified atom stereocenters. The number of nitrogens with one attached hydrogen (secondary N) is 2. The molecule has 2 rings (SSSR count). The molecule has 2 aliphatic rings. The molecule has 2 saturated heterocycles. The van der Waals surface area contributed by atoms with Gasteiger partial charge in [-0.2, -0.15) is 13.2 Å². The van der Waals surface area contributed by atoms with Crippen LogP contribution in [0.2, 0.25) is 0 Å². The second-order valence-corrected chi connectivity index (χ2v) is 7.50. The Morgan fingerprint density at radius 3 is 1.35 bits per heavy atom. The summed E-state index contributed by atoms with van der Waals surface area (Å²) in [7, 11) is 0. The van der Waals surface area contributed by atoms with Gasteiger partial charge in [0.1, 0.15) is 13.3 Å². The van der Waals surface area contributed by atoms with E-state index in [2.05, 4.69) is 10.9 Å². The monoisotopic (exact) mass is 462 g/mol. The van der Waals surface area contributed by atoms with Gasteiger partial charge in [-0.05, 0) is 25.7 Å². The number of hydrazine groups is 2. The van der Waals surface area contributed by atoms with Crippen molar-refractivity contribution < 1.29 is 36.6 Å². The van der Waals surface area contributed by atoms with E-state index in [1.807, 2.05) is 9.80 Å². The average Bonchev–Trinajstić information content (AvgIpc) is 2.75.